The van der Waals surface area contributed by atoms with Crippen molar-refractivity contribution in [2.24, 2.45) is 0 Å². The van der Waals surface area contributed by atoms with Crippen LogP contribution in [0.5, 0.6) is 0 Å². The van der Waals surface area contributed by atoms with Crippen molar-refractivity contribution in [3.63, 3.8) is 0 Å². The molecule has 0 N–H and O–H groups in total. The van der Waals surface area contributed by atoms with E-state index in [1.165, 1.54) is 11.1 Å². The predicted octanol–water partition coefficient (Wildman–Crippen LogP) is 3.87. The molecule has 0 nitrogen and oxygen atoms in total. The van der Waals surface area contributed by atoms with Gasteiger partial charge >= 0.3 is 218 Å². The van der Waals surface area contributed by atoms with Crippen LogP contribution in [0.15, 0.2) is 59.2 Å². The fraction of sp³-hybridized carbons (Fsp3) is 0.467. The normalized spacial score (nSPS) is 18.5. The van der Waals surface area contributed by atoms with Gasteiger partial charge in [0, 0.05) is 0 Å². The Labute approximate surface area is 241 Å². The van der Waals surface area contributed by atoms with Crippen molar-refractivity contribution >= 4 is 28.0 Å². The van der Waals surface area contributed by atoms with Crippen molar-refractivity contribution in [2.45, 2.75) is 85.3 Å². The second-order valence-corrected chi connectivity index (χ2v) is 21.1. The van der Waals surface area contributed by atoms with Gasteiger partial charge in [-0.05, 0) is 0 Å². The Hall–Kier alpha value is 0.243. The summed E-state index contributed by atoms with van der Waals surface area (Å²) in [5.41, 5.74) is 9.31. The molecule has 0 fully saturated rings. The third-order valence-corrected chi connectivity index (χ3v) is 19.3. The molecule has 2 atom stereocenters. The second kappa shape index (κ2) is 13.3. The number of fused-ring (bicyclic) bond motifs is 2. The summed E-state index contributed by atoms with van der Waals surface area (Å²) in [7, 11) is -0.236. The van der Waals surface area contributed by atoms with Gasteiger partial charge in [-0.1, -0.05) is 0 Å². The summed E-state index contributed by atoms with van der Waals surface area (Å²) in [6.07, 6.45) is 5.26. The molecule has 2 unspecified atom stereocenters. The molecule has 2 aromatic rings. The maximum Gasteiger partial charge on any atom is -1.00 e. The Kier molecular flexibility index (Phi) is 12.0. The molecule has 0 spiro atoms. The Balaban J connectivity index is 0.00000216. The molecule has 4 rings (SSSR count). The first kappa shape index (κ1) is 31.5. The van der Waals surface area contributed by atoms with E-state index in [1.807, 2.05) is 10.6 Å². The first-order valence-electron chi connectivity index (χ1n) is 12.6. The molecule has 0 bridgehead atoms. The zero-order valence-corrected chi connectivity index (χ0v) is 28.1. The number of hydrogen-bond donors (Lipinski definition) is 0. The molecular weight excluding hydrogens is 584 g/mol. The molecule has 2 aliphatic rings. The summed E-state index contributed by atoms with van der Waals surface area (Å²) >= 11 is -0.844. The number of benzene rings is 2. The third-order valence-electron chi connectivity index (χ3n) is 6.97. The van der Waals surface area contributed by atoms with Crippen LogP contribution in [0.25, 0.3) is 12.2 Å². The van der Waals surface area contributed by atoms with Gasteiger partial charge in [0.05, 0.1) is 0 Å². The van der Waals surface area contributed by atoms with Crippen molar-refractivity contribution in [1.82, 2.24) is 0 Å². The average Bonchev–Trinajstić information content (AvgIpc) is 3.26. The number of allylic oxidation sites excluding steroid dienone is 2. The molecule has 0 saturated heterocycles. The van der Waals surface area contributed by atoms with Gasteiger partial charge in [-0.2, -0.15) is 0 Å². The number of hydrogen-bond acceptors (Lipinski definition) is 0. The van der Waals surface area contributed by atoms with Gasteiger partial charge < -0.3 is 24.8 Å². The van der Waals surface area contributed by atoms with E-state index in [0.29, 0.717) is 0 Å². The van der Waals surface area contributed by atoms with Gasteiger partial charge in [0.1, 0.15) is 0 Å². The number of halogens is 2. The zero-order chi connectivity index (χ0) is 23.9. The van der Waals surface area contributed by atoms with Gasteiger partial charge in [-0.3, -0.25) is 0 Å². The fourth-order valence-electron chi connectivity index (χ4n) is 5.96. The summed E-state index contributed by atoms with van der Waals surface area (Å²) in [4.78, 5) is 0. The molecule has 2 aliphatic carbocycles. The minimum atomic E-state index is -0.844. The molecule has 0 heterocycles. The minimum Gasteiger partial charge on any atom is -1.00 e. The first-order chi connectivity index (χ1) is 15.7. The summed E-state index contributed by atoms with van der Waals surface area (Å²) in [6.45, 7) is 19.7. The summed E-state index contributed by atoms with van der Waals surface area (Å²) < 4.78 is 1.44. The molecule has 188 valence electrons. The van der Waals surface area contributed by atoms with Crippen LogP contribution in [0, 0.1) is 0 Å². The molecule has 0 radical (unpaired) electrons. The van der Waals surface area contributed by atoms with Crippen LogP contribution in [-0.2, 0) is 23.2 Å². The van der Waals surface area contributed by atoms with Crippen molar-refractivity contribution in [2.75, 3.05) is 0 Å². The van der Waals surface area contributed by atoms with Crippen molar-refractivity contribution in [3.8, 4) is 0 Å². The maximum atomic E-state index is 2.63. The molecule has 0 saturated carbocycles. The van der Waals surface area contributed by atoms with E-state index in [9.17, 15) is 0 Å². The Morgan fingerprint density at radius 3 is 1.17 bits per heavy atom. The Morgan fingerprint density at radius 1 is 0.543 bits per heavy atom. The van der Waals surface area contributed by atoms with Gasteiger partial charge in [0.2, 0.25) is 0 Å². The molecule has 0 aliphatic heterocycles. The van der Waals surface area contributed by atoms with Gasteiger partial charge in [-0.25, -0.2) is 0 Å². The standard InChI is InChI=1S/2C15H20P.2ClH.Zr/c2*1-11(2)16(12(3)4)15-9-13-7-5-6-8-14(13)10-15;;;/h2*5-12H,1-4H3;2*1H;/q;;;;+2/p-2. The minimum absolute atomic E-state index is 0. The zero-order valence-electron chi connectivity index (χ0n) is 22.4. The van der Waals surface area contributed by atoms with Gasteiger partial charge in [0.25, 0.3) is 0 Å². The smallest absolute Gasteiger partial charge is 1.00 e. The SMILES string of the molecule is CC(C)P(C1=Cc2ccccc2[CH]1[Zr+2][CH]1C(P(C(C)C)C(C)C)=Cc2ccccc21)C(C)C.[Cl-].[Cl-]. The van der Waals surface area contributed by atoms with Crippen LogP contribution in [-0.4, -0.2) is 22.6 Å². The van der Waals surface area contributed by atoms with Crippen molar-refractivity contribution in [3.05, 3.63) is 81.4 Å². The molecular formula is C30H40Cl2P2Zr. The molecule has 35 heavy (non-hydrogen) atoms. The van der Waals surface area contributed by atoms with E-state index in [2.05, 4.69) is 116 Å². The van der Waals surface area contributed by atoms with Crippen LogP contribution in [0.4, 0.5) is 0 Å². The third kappa shape index (κ3) is 6.46. The van der Waals surface area contributed by atoms with Crippen LogP contribution in [0.1, 0.15) is 84.9 Å². The largest absolute Gasteiger partial charge is 1.00 e. The quantitative estimate of drug-likeness (QED) is 0.392. The van der Waals surface area contributed by atoms with Crippen molar-refractivity contribution < 1.29 is 48.0 Å². The van der Waals surface area contributed by atoms with Gasteiger partial charge in [0.15, 0.2) is 0 Å². The predicted molar refractivity (Wildman–Crippen MR) is 149 cm³/mol. The Morgan fingerprint density at radius 2 is 0.857 bits per heavy atom. The van der Waals surface area contributed by atoms with Crippen molar-refractivity contribution in [1.29, 1.82) is 0 Å². The molecule has 0 aromatic heterocycles. The summed E-state index contributed by atoms with van der Waals surface area (Å²) in [6, 6.07) is 18.7. The van der Waals surface area contributed by atoms with Crippen LogP contribution >= 0.6 is 15.8 Å². The topological polar surface area (TPSA) is 0 Å². The van der Waals surface area contributed by atoms with E-state index in [0.717, 1.165) is 29.9 Å². The molecule has 2 aromatic carbocycles. The summed E-state index contributed by atoms with van der Waals surface area (Å²) in [5.74, 6) is 0. The first-order valence-corrected chi connectivity index (χ1v) is 18.4. The maximum absolute atomic E-state index is 2.63. The van der Waals surface area contributed by atoms with E-state index < -0.39 is 23.2 Å². The average molecular weight is 625 g/mol. The monoisotopic (exact) mass is 622 g/mol. The van der Waals surface area contributed by atoms with E-state index in [4.69, 9.17) is 0 Å². The second-order valence-electron chi connectivity index (χ2n) is 10.6. The van der Waals surface area contributed by atoms with E-state index >= 15 is 0 Å². The van der Waals surface area contributed by atoms with Crippen LogP contribution < -0.4 is 24.8 Å². The summed E-state index contributed by atoms with van der Waals surface area (Å²) in [5, 5.41) is 3.65. The fourth-order valence-corrected chi connectivity index (χ4v) is 19.5. The van der Waals surface area contributed by atoms with E-state index in [-0.39, 0.29) is 40.7 Å². The van der Waals surface area contributed by atoms with Crippen LogP contribution in [0.2, 0.25) is 0 Å². The van der Waals surface area contributed by atoms with E-state index in [1.54, 1.807) is 11.1 Å². The molecule has 5 heteroatoms. The number of rotatable bonds is 8. The van der Waals surface area contributed by atoms with Gasteiger partial charge in [-0.15, -0.1) is 0 Å². The Bertz CT molecular complexity index is 958. The van der Waals surface area contributed by atoms with Crippen LogP contribution in [0.3, 0.4) is 0 Å². The molecule has 0 amide bonds.